The molecule has 0 aliphatic heterocycles. The molecule has 0 saturated heterocycles. The van der Waals surface area contributed by atoms with Crippen molar-refractivity contribution in [1.82, 2.24) is 5.43 Å². The van der Waals surface area contributed by atoms with E-state index in [2.05, 4.69) is 52.1 Å². The van der Waals surface area contributed by atoms with Gasteiger partial charge in [-0.15, -0.1) is 0 Å². The van der Waals surface area contributed by atoms with Gasteiger partial charge in [-0.05, 0) is 60.1 Å². The molecule has 1 N–H and O–H groups in total. The Hall–Kier alpha value is -1.64. The van der Waals surface area contributed by atoms with E-state index in [9.17, 15) is 4.79 Å². The van der Waals surface area contributed by atoms with Crippen molar-refractivity contribution < 1.29 is 4.79 Å². The van der Waals surface area contributed by atoms with Crippen LogP contribution in [-0.4, -0.2) is 11.6 Å². The molecule has 0 atom stereocenters. The Kier molecular flexibility index (Phi) is 6.08. The SMILES string of the molecule is CCC(C)(C)C1CCC(=NNC(=O)c2ccc(C(C)(C)C)cc2)CC1. The van der Waals surface area contributed by atoms with Crippen molar-refractivity contribution in [3.63, 3.8) is 0 Å². The minimum atomic E-state index is -0.121. The lowest BCUT2D eigenvalue weighted by atomic mass is 9.69. The summed E-state index contributed by atoms with van der Waals surface area (Å²) in [6.45, 7) is 13.5. The van der Waals surface area contributed by atoms with Crippen LogP contribution in [0.5, 0.6) is 0 Å². The van der Waals surface area contributed by atoms with E-state index >= 15 is 0 Å². The predicted octanol–water partition coefficient (Wildman–Crippen LogP) is 5.70. The van der Waals surface area contributed by atoms with Crippen LogP contribution in [0.2, 0.25) is 0 Å². The maximum absolute atomic E-state index is 12.3. The molecule has 0 radical (unpaired) electrons. The number of nitrogens with zero attached hydrogens (tertiary/aromatic N) is 1. The summed E-state index contributed by atoms with van der Waals surface area (Å²) in [4.78, 5) is 12.3. The van der Waals surface area contributed by atoms with Crippen LogP contribution in [0, 0.1) is 11.3 Å². The van der Waals surface area contributed by atoms with Crippen LogP contribution in [0.15, 0.2) is 29.4 Å². The molecular weight excluding hydrogens is 308 g/mol. The fourth-order valence-electron chi connectivity index (χ4n) is 3.45. The molecular formula is C22H34N2O. The standard InChI is InChI=1S/C22H34N2O/c1-7-22(5,6)18-12-14-19(15-13-18)23-24-20(25)16-8-10-17(11-9-16)21(2,3)4/h8-11,18H,7,12-15H2,1-6H3,(H,24,25). The molecule has 1 aromatic rings. The van der Waals surface area contributed by atoms with E-state index in [1.165, 1.54) is 24.8 Å². The molecule has 25 heavy (non-hydrogen) atoms. The van der Waals surface area contributed by atoms with Crippen LogP contribution < -0.4 is 5.43 Å². The number of hydrogen-bond donors (Lipinski definition) is 1. The molecule has 0 unspecified atom stereocenters. The first-order valence-electron chi connectivity index (χ1n) is 9.60. The molecule has 138 valence electrons. The van der Waals surface area contributed by atoms with E-state index in [0.29, 0.717) is 11.0 Å². The van der Waals surface area contributed by atoms with Gasteiger partial charge in [0.1, 0.15) is 0 Å². The monoisotopic (exact) mass is 342 g/mol. The van der Waals surface area contributed by atoms with Crippen molar-refractivity contribution in [1.29, 1.82) is 0 Å². The first-order chi connectivity index (χ1) is 11.6. The van der Waals surface area contributed by atoms with Gasteiger partial charge in [0.25, 0.3) is 5.91 Å². The highest BCUT2D eigenvalue weighted by atomic mass is 16.2. The fourth-order valence-corrected chi connectivity index (χ4v) is 3.45. The molecule has 1 amide bonds. The first-order valence-corrected chi connectivity index (χ1v) is 9.60. The molecule has 1 fully saturated rings. The third kappa shape index (κ3) is 5.17. The molecule has 3 nitrogen and oxygen atoms in total. The average molecular weight is 343 g/mol. The van der Waals surface area contributed by atoms with Crippen molar-refractivity contribution in [3.8, 4) is 0 Å². The molecule has 0 bridgehead atoms. The number of nitrogens with one attached hydrogen (secondary N) is 1. The van der Waals surface area contributed by atoms with Gasteiger partial charge in [-0.3, -0.25) is 4.79 Å². The lowest BCUT2D eigenvalue weighted by Crippen LogP contribution is -2.29. The Labute approximate surface area is 153 Å². The van der Waals surface area contributed by atoms with E-state index in [0.717, 1.165) is 24.5 Å². The molecule has 1 aromatic carbocycles. The van der Waals surface area contributed by atoms with Crippen molar-refractivity contribution in [2.75, 3.05) is 0 Å². The maximum Gasteiger partial charge on any atom is 0.271 e. The van der Waals surface area contributed by atoms with E-state index in [1.54, 1.807) is 0 Å². The van der Waals surface area contributed by atoms with Crippen molar-refractivity contribution in [2.24, 2.45) is 16.4 Å². The largest absolute Gasteiger partial charge is 0.271 e. The molecule has 1 aliphatic carbocycles. The number of hydrazone groups is 1. The van der Waals surface area contributed by atoms with Gasteiger partial charge in [0, 0.05) is 11.3 Å². The summed E-state index contributed by atoms with van der Waals surface area (Å²) in [5, 5.41) is 4.39. The van der Waals surface area contributed by atoms with Gasteiger partial charge in [0.2, 0.25) is 0 Å². The highest BCUT2D eigenvalue weighted by Gasteiger charge is 2.30. The van der Waals surface area contributed by atoms with Gasteiger partial charge in [-0.25, -0.2) is 5.43 Å². The lowest BCUT2D eigenvalue weighted by Gasteiger charge is -2.36. The Morgan fingerprint density at radius 1 is 1.08 bits per heavy atom. The van der Waals surface area contributed by atoms with Gasteiger partial charge < -0.3 is 0 Å². The number of amides is 1. The summed E-state index contributed by atoms with van der Waals surface area (Å²) in [7, 11) is 0. The zero-order chi connectivity index (χ0) is 18.7. The number of carbonyl (C=O) groups is 1. The average Bonchev–Trinajstić information content (AvgIpc) is 2.59. The van der Waals surface area contributed by atoms with Crippen LogP contribution in [0.4, 0.5) is 0 Å². The highest BCUT2D eigenvalue weighted by molar-refractivity contribution is 5.95. The summed E-state index contributed by atoms with van der Waals surface area (Å²) >= 11 is 0. The first kappa shape index (κ1) is 19.7. The number of benzene rings is 1. The van der Waals surface area contributed by atoms with Crippen LogP contribution in [0.1, 0.15) is 89.6 Å². The Bertz CT molecular complexity index is 610. The van der Waals surface area contributed by atoms with Gasteiger partial charge in [0.15, 0.2) is 0 Å². The smallest absolute Gasteiger partial charge is 0.267 e. The molecule has 2 rings (SSSR count). The summed E-state index contributed by atoms with van der Waals surface area (Å²) in [5.41, 5.74) is 6.27. The number of carbonyl (C=O) groups excluding carboxylic acids is 1. The maximum atomic E-state index is 12.3. The summed E-state index contributed by atoms with van der Waals surface area (Å²) in [5.74, 6) is 0.640. The minimum Gasteiger partial charge on any atom is -0.267 e. The molecule has 3 heteroatoms. The second-order valence-corrected chi connectivity index (χ2v) is 9.06. The van der Waals surface area contributed by atoms with Gasteiger partial charge >= 0.3 is 0 Å². The van der Waals surface area contributed by atoms with Crippen molar-refractivity contribution in [3.05, 3.63) is 35.4 Å². The van der Waals surface area contributed by atoms with Crippen LogP contribution >= 0.6 is 0 Å². The van der Waals surface area contributed by atoms with E-state index < -0.39 is 0 Å². The molecule has 0 spiro atoms. The second kappa shape index (κ2) is 7.72. The Morgan fingerprint density at radius 2 is 1.64 bits per heavy atom. The number of rotatable bonds is 4. The lowest BCUT2D eigenvalue weighted by molar-refractivity contribution is 0.0954. The van der Waals surface area contributed by atoms with Crippen molar-refractivity contribution >= 4 is 11.6 Å². The summed E-state index contributed by atoms with van der Waals surface area (Å²) < 4.78 is 0. The minimum absolute atomic E-state index is 0.0974. The normalized spacial score (nSPS) is 18.8. The van der Waals surface area contributed by atoms with Crippen molar-refractivity contribution in [2.45, 2.75) is 79.1 Å². The van der Waals surface area contributed by atoms with Crippen LogP contribution in [0.25, 0.3) is 0 Å². The van der Waals surface area contributed by atoms with E-state index in [1.807, 2.05) is 24.3 Å². The second-order valence-electron chi connectivity index (χ2n) is 9.06. The van der Waals surface area contributed by atoms with Gasteiger partial charge in [-0.2, -0.15) is 5.10 Å². The third-order valence-corrected chi connectivity index (χ3v) is 5.91. The van der Waals surface area contributed by atoms with E-state index in [-0.39, 0.29) is 11.3 Å². The van der Waals surface area contributed by atoms with Crippen LogP contribution in [-0.2, 0) is 5.41 Å². The third-order valence-electron chi connectivity index (χ3n) is 5.91. The fraction of sp³-hybridized carbons (Fsp3) is 0.636. The molecule has 1 saturated carbocycles. The molecule has 0 aromatic heterocycles. The zero-order valence-electron chi connectivity index (χ0n) is 16.8. The quantitative estimate of drug-likeness (QED) is 0.701. The topological polar surface area (TPSA) is 41.5 Å². The highest BCUT2D eigenvalue weighted by Crippen LogP contribution is 2.39. The van der Waals surface area contributed by atoms with Gasteiger partial charge in [0.05, 0.1) is 0 Å². The predicted molar refractivity (Wildman–Crippen MR) is 106 cm³/mol. The Balaban J connectivity index is 1.91. The summed E-state index contributed by atoms with van der Waals surface area (Å²) in [6.07, 6.45) is 5.56. The summed E-state index contributed by atoms with van der Waals surface area (Å²) in [6, 6.07) is 7.83. The van der Waals surface area contributed by atoms with Gasteiger partial charge in [-0.1, -0.05) is 60.1 Å². The van der Waals surface area contributed by atoms with Crippen LogP contribution in [0.3, 0.4) is 0 Å². The zero-order valence-corrected chi connectivity index (χ0v) is 16.8. The van der Waals surface area contributed by atoms with E-state index in [4.69, 9.17) is 0 Å². The number of hydrogen-bond acceptors (Lipinski definition) is 2. The molecule has 1 aliphatic rings. The Morgan fingerprint density at radius 3 is 2.12 bits per heavy atom. The molecule has 0 heterocycles.